The summed E-state index contributed by atoms with van der Waals surface area (Å²) in [5.41, 5.74) is 0.376. The summed E-state index contributed by atoms with van der Waals surface area (Å²) in [6, 6.07) is 0. The van der Waals surface area contributed by atoms with Crippen molar-refractivity contribution in [1.82, 2.24) is 0 Å². The number of allylic oxidation sites excluding steroid dienone is 1. The first-order chi connectivity index (χ1) is 11.9. The van der Waals surface area contributed by atoms with Gasteiger partial charge in [0.15, 0.2) is 5.71 Å². The number of alkyl halides is 2. The van der Waals surface area contributed by atoms with E-state index in [-0.39, 0.29) is 18.7 Å². The molecule has 1 N–H and O–H groups in total. The maximum absolute atomic E-state index is 11.1. The highest BCUT2D eigenvalue weighted by atomic mass is 79.9. The number of carbonyl (C=O) groups excluding carboxylic acids is 2. The highest BCUT2D eigenvalue weighted by Crippen LogP contribution is 2.13. The number of ether oxygens (including phenoxy) is 2. The predicted molar refractivity (Wildman–Crippen MR) is 103 cm³/mol. The van der Waals surface area contributed by atoms with E-state index in [1.54, 1.807) is 19.9 Å². The summed E-state index contributed by atoms with van der Waals surface area (Å²) in [5.74, 6) is -1.19. The van der Waals surface area contributed by atoms with Crippen LogP contribution >= 0.6 is 43.5 Å². The first-order valence-electron chi connectivity index (χ1n) is 7.08. The Balaban J connectivity index is 0. The molecule has 0 aliphatic carbocycles. The molecule has 0 bridgehead atoms. The number of esters is 2. The van der Waals surface area contributed by atoms with Gasteiger partial charge >= 0.3 is 11.9 Å². The van der Waals surface area contributed by atoms with Crippen molar-refractivity contribution in [3.63, 3.8) is 0 Å². The number of oxime groups is 2. The van der Waals surface area contributed by atoms with Crippen LogP contribution in [0.1, 0.15) is 20.3 Å². The van der Waals surface area contributed by atoms with E-state index in [1.807, 2.05) is 0 Å². The number of rotatable bonds is 6. The Kier molecular flexibility index (Phi) is 18.5. The lowest BCUT2D eigenvalue weighted by molar-refractivity contribution is -0.135. The molecular formula is C14H21Br2ClN2O6. The molecule has 8 nitrogen and oxygen atoms in total. The van der Waals surface area contributed by atoms with Gasteiger partial charge in [-0.05, 0) is 13.8 Å². The molecule has 1 rings (SSSR count). The summed E-state index contributed by atoms with van der Waals surface area (Å²) in [7, 11) is 0. The number of hydrogen-bond acceptors (Lipinski definition) is 8. The largest absolute Gasteiger partial charge is 0.461 e. The topological polar surface area (TPSA) is 107 Å². The summed E-state index contributed by atoms with van der Waals surface area (Å²) in [4.78, 5) is 26.3. The van der Waals surface area contributed by atoms with Gasteiger partial charge in [-0.1, -0.05) is 59.8 Å². The molecule has 0 fully saturated rings. The quantitative estimate of drug-likeness (QED) is 0.147. The van der Waals surface area contributed by atoms with Crippen LogP contribution in [0.5, 0.6) is 0 Å². The van der Waals surface area contributed by atoms with Crippen molar-refractivity contribution in [3.05, 3.63) is 12.7 Å². The van der Waals surface area contributed by atoms with E-state index in [1.165, 1.54) is 0 Å². The van der Waals surface area contributed by atoms with E-state index in [0.29, 0.717) is 24.1 Å². The summed E-state index contributed by atoms with van der Waals surface area (Å²) < 4.78 is 9.09. The fourth-order valence-electron chi connectivity index (χ4n) is 1.08. The molecule has 0 aromatic rings. The molecule has 144 valence electrons. The third-order valence-corrected chi connectivity index (χ3v) is 3.47. The molecule has 0 spiro atoms. The van der Waals surface area contributed by atoms with Crippen molar-refractivity contribution < 1.29 is 29.1 Å². The molecule has 1 atom stereocenters. The second kappa shape index (κ2) is 17.7. The molecule has 0 saturated carbocycles. The first-order valence-corrected chi connectivity index (χ1v) is 9.70. The lowest BCUT2D eigenvalue weighted by Gasteiger charge is -2.00. The zero-order chi connectivity index (χ0) is 19.7. The monoisotopic (exact) mass is 506 g/mol. The molecule has 1 aliphatic heterocycles. The van der Waals surface area contributed by atoms with Crippen LogP contribution < -0.4 is 0 Å². The molecule has 25 heavy (non-hydrogen) atoms. The molecule has 1 heterocycles. The van der Waals surface area contributed by atoms with Crippen molar-refractivity contribution in [2.24, 2.45) is 10.3 Å². The van der Waals surface area contributed by atoms with Gasteiger partial charge in [0.05, 0.1) is 13.2 Å². The maximum atomic E-state index is 11.1. The van der Waals surface area contributed by atoms with E-state index in [0.717, 1.165) is 5.33 Å². The Morgan fingerprint density at radius 3 is 2.36 bits per heavy atom. The normalized spacial score (nSPS) is 15.3. The SMILES string of the molecule is C=CCBr.CCOC(=O)/C(Cl)=N/O.CCOC(=O)C1=NOC(CBr)C1. The maximum Gasteiger partial charge on any atom is 0.372 e. The van der Waals surface area contributed by atoms with Crippen molar-refractivity contribution in [2.45, 2.75) is 26.4 Å². The first kappa shape index (κ1) is 26.1. The molecule has 1 aliphatic rings. The Hall–Kier alpha value is -1.13. The van der Waals surface area contributed by atoms with Crippen LogP contribution in [0, 0.1) is 0 Å². The van der Waals surface area contributed by atoms with Crippen LogP contribution in [0.3, 0.4) is 0 Å². The average molecular weight is 509 g/mol. The minimum absolute atomic E-state index is 0.0237. The molecule has 0 aromatic carbocycles. The van der Waals surface area contributed by atoms with Crippen LogP contribution in [0.4, 0.5) is 0 Å². The predicted octanol–water partition coefficient (Wildman–Crippen LogP) is 3.23. The van der Waals surface area contributed by atoms with Gasteiger partial charge in [0.2, 0.25) is 0 Å². The lowest BCUT2D eigenvalue weighted by atomic mass is 10.2. The smallest absolute Gasteiger partial charge is 0.372 e. The fraction of sp³-hybridized carbons (Fsp3) is 0.571. The van der Waals surface area contributed by atoms with Crippen LogP contribution in [-0.2, 0) is 23.9 Å². The van der Waals surface area contributed by atoms with Gasteiger partial charge < -0.3 is 19.5 Å². The van der Waals surface area contributed by atoms with E-state index in [2.05, 4.69) is 53.5 Å². The van der Waals surface area contributed by atoms with Gasteiger partial charge in [0.25, 0.3) is 5.17 Å². The standard InChI is InChI=1S/C7H10BrNO3.C4H6ClNO3.C3H5Br/c1-2-11-7(10)6-3-5(4-8)12-9-6;1-2-9-4(7)3(5)6-8;1-2-3-4/h5H,2-4H2,1H3;8H,2H2,1H3;2H,1,3H2/b;6-3-;. The van der Waals surface area contributed by atoms with E-state index in [4.69, 9.17) is 26.4 Å². The third-order valence-electron chi connectivity index (χ3n) is 2.06. The van der Waals surface area contributed by atoms with Gasteiger partial charge in [0.1, 0.15) is 6.10 Å². The average Bonchev–Trinajstić information content (AvgIpc) is 3.11. The molecule has 0 saturated heterocycles. The summed E-state index contributed by atoms with van der Waals surface area (Å²) >= 11 is 11.4. The Labute approximate surface area is 168 Å². The van der Waals surface area contributed by atoms with E-state index < -0.39 is 11.1 Å². The van der Waals surface area contributed by atoms with Gasteiger partial charge in [-0.25, -0.2) is 9.59 Å². The van der Waals surface area contributed by atoms with Crippen LogP contribution in [-0.4, -0.2) is 58.0 Å². The van der Waals surface area contributed by atoms with Crippen LogP contribution in [0.25, 0.3) is 0 Å². The third kappa shape index (κ3) is 13.8. The lowest BCUT2D eigenvalue weighted by Crippen LogP contribution is -2.18. The molecule has 0 radical (unpaired) electrons. The highest BCUT2D eigenvalue weighted by molar-refractivity contribution is 9.09. The molecule has 11 heteroatoms. The van der Waals surface area contributed by atoms with E-state index in [9.17, 15) is 9.59 Å². The van der Waals surface area contributed by atoms with Gasteiger partial charge in [-0.15, -0.1) is 6.58 Å². The minimum atomic E-state index is -0.818. The Morgan fingerprint density at radius 2 is 2.00 bits per heavy atom. The summed E-state index contributed by atoms with van der Waals surface area (Å²) in [6.45, 7) is 7.40. The highest BCUT2D eigenvalue weighted by Gasteiger charge is 2.25. The second-order valence-corrected chi connectivity index (χ2v) is 5.55. The van der Waals surface area contributed by atoms with Gasteiger partial charge in [0, 0.05) is 17.1 Å². The zero-order valence-electron chi connectivity index (χ0n) is 13.9. The van der Waals surface area contributed by atoms with Gasteiger partial charge in [-0.2, -0.15) is 0 Å². The van der Waals surface area contributed by atoms with Crippen LogP contribution in [0.15, 0.2) is 23.0 Å². The second-order valence-electron chi connectivity index (χ2n) is 3.90. The molecule has 0 aromatic heterocycles. The molecule has 1 unspecified atom stereocenters. The molecule has 0 amide bonds. The zero-order valence-corrected chi connectivity index (χ0v) is 17.8. The van der Waals surface area contributed by atoms with Crippen molar-refractivity contribution in [1.29, 1.82) is 0 Å². The van der Waals surface area contributed by atoms with E-state index >= 15 is 0 Å². The van der Waals surface area contributed by atoms with Crippen molar-refractivity contribution in [3.8, 4) is 0 Å². The summed E-state index contributed by atoms with van der Waals surface area (Å²) in [5, 5.41) is 14.9. The number of halogens is 3. The number of carbonyl (C=O) groups is 2. The Bertz CT molecular complexity index is 474. The molecular weight excluding hydrogens is 487 g/mol. The Morgan fingerprint density at radius 1 is 1.44 bits per heavy atom. The fourth-order valence-corrected chi connectivity index (χ4v) is 1.48. The van der Waals surface area contributed by atoms with Crippen molar-refractivity contribution in [2.75, 3.05) is 23.9 Å². The number of hydrogen-bond donors (Lipinski definition) is 1. The minimum Gasteiger partial charge on any atom is -0.461 e. The summed E-state index contributed by atoms with van der Waals surface area (Å²) in [6.07, 6.45) is 2.30. The van der Waals surface area contributed by atoms with Crippen LogP contribution in [0.2, 0.25) is 0 Å². The van der Waals surface area contributed by atoms with Crippen molar-refractivity contribution >= 4 is 66.3 Å². The number of nitrogens with zero attached hydrogens (tertiary/aromatic N) is 2. The van der Waals surface area contributed by atoms with Gasteiger partial charge in [-0.3, -0.25) is 0 Å².